The van der Waals surface area contributed by atoms with Crippen molar-refractivity contribution in [1.29, 1.82) is 0 Å². The van der Waals surface area contributed by atoms with Gasteiger partial charge in [0.15, 0.2) is 0 Å². The van der Waals surface area contributed by atoms with Crippen LogP contribution in [0.2, 0.25) is 0 Å². The molecule has 23 heavy (non-hydrogen) atoms. The maximum atomic E-state index is 12.3. The molecule has 0 spiro atoms. The molecule has 1 unspecified atom stereocenters. The number of ether oxygens (including phenoxy) is 1. The number of hydrogen-bond acceptors (Lipinski definition) is 4. The van der Waals surface area contributed by atoms with Crippen molar-refractivity contribution in [1.82, 2.24) is 4.98 Å². The SMILES string of the molecule is CCOC(=O)N(c1cccnc1)C(Cc1ccccc1)C(=O)O. The van der Waals surface area contributed by atoms with Crippen LogP contribution in [0.15, 0.2) is 54.9 Å². The van der Waals surface area contributed by atoms with Gasteiger partial charge in [-0.15, -0.1) is 0 Å². The topological polar surface area (TPSA) is 79.7 Å². The molecule has 0 saturated carbocycles. The Labute approximate surface area is 134 Å². The molecule has 1 N–H and O–H groups in total. The predicted octanol–water partition coefficient (Wildman–Crippen LogP) is 2.74. The lowest BCUT2D eigenvalue weighted by Gasteiger charge is -2.28. The third kappa shape index (κ3) is 4.29. The molecule has 2 rings (SSSR count). The molecule has 1 amide bonds. The lowest BCUT2D eigenvalue weighted by molar-refractivity contribution is -0.138. The van der Waals surface area contributed by atoms with Crippen molar-refractivity contribution in [2.45, 2.75) is 19.4 Å². The van der Waals surface area contributed by atoms with Gasteiger partial charge in [0.2, 0.25) is 0 Å². The van der Waals surface area contributed by atoms with Gasteiger partial charge in [0.25, 0.3) is 0 Å². The lowest BCUT2D eigenvalue weighted by Crippen LogP contribution is -2.47. The number of rotatable bonds is 6. The molecule has 6 heteroatoms. The highest BCUT2D eigenvalue weighted by Crippen LogP contribution is 2.20. The number of aliphatic carboxylic acids is 1. The first-order valence-electron chi connectivity index (χ1n) is 7.26. The fourth-order valence-corrected chi connectivity index (χ4v) is 2.23. The van der Waals surface area contributed by atoms with E-state index in [1.165, 1.54) is 6.20 Å². The van der Waals surface area contributed by atoms with Crippen LogP contribution in [-0.2, 0) is 16.0 Å². The van der Waals surface area contributed by atoms with E-state index in [0.717, 1.165) is 10.5 Å². The maximum Gasteiger partial charge on any atom is 0.415 e. The summed E-state index contributed by atoms with van der Waals surface area (Å²) in [5.41, 5.74) is 1.20. The van der Waals surface area contributed by atoms with Gasteiger partial charge in [0.05, 0.1) is 18.5 Å². The highest BCUT2D eigenvalue weighted by molar-refractivity contribution is 5.95. The normalized spacial score (nSPS) is 11.5. The largest absolute Gasteiger partial charge is 0.480 e. The van der Waals surface area contributed by atoms with E-state index in [0.29, 0.717) is 5.69 Å². The smallest absolute Gasteiger partial charge is 0.415 e. The molecule has 6 nitrogen and oxygen atoms in total. The van der Waals surface area contributed by atoms with Gasteiger partial charge < -0.3 is 9.84 Å². The van der Waals surface area contributed by atoms with E-state index in [4.69, 9.17) is 4.74 Å². The number of carboxylic acid groups (broad SMARTS) is 1. The van der Waals surface area contributed by atoms with Crippen LogP contribution in [0.1, 0.15) is 12.5 Å². The molecule has 2 aromatic rings. The van der Waals surface area contributed by atoms with Gasteiger partial charge in [-0.2, -0.15) is 0 Å². The van der Waals surface area contributed by atoms with E-state index in [-0.39, 0.29) is 13.0 Å². The van der Waals surface area contributed by atoms with E-state index in [2.05, 4.69) is 4.98 Å². The summed E-state index contributed by atoms with van der Waals surface area (Å²) in [5.74, 6) is -1.11. The maximum absolute atomic E-state index is 12.3. The highest BCUT2D eigenvalue weighted by atomic mass is 16.6. The van der Waals surface area contributed by atoms with Gasteiger partial charge in [0.1, 0.15) is 6.04 Å². The summed E-state index contributed by atoms with van der Waals surface area (Å²) in [6.07, 6.45) is 2.46. The van der Waals surface area contributed by atoms with Crippen LogP contribution >= 0.6 is 0 Å². The minimum Gasteiger partial charge on any atom is -0.480 e. The number of nitrogens with zero attached hydrogens (tertiary/aromatic N) is 2. The van der Waals surface area contributed by atoms with E-state index in [1.54, 1.807) is 25.3 Å². The van der Waals surface area contributed by atoms with Crippen LogP contribution in [0, 0.1) is 0 Å². The standard InChI is InChI=1S/C17H18N2O4/c1-2-23-17(22)19(14-9-6-10-18-12-14)15(16(20)21)11-13-7-4-3-5-8-13/h3-10,12,15H,2,11H2,1H3,(H,20,21). The third-order valence-corrected chi connectivity index (χ3v) is 3.26. The van der Waals surface area contributed by atoms with E-state index < -0.39 is 18.1 Å². The van der Waals surface area contributed by atoms with Crippen molar-refractivity contribution in [3.8, 4) is 0 Å². The Morgan fingerprint density at radius 2 is 1.96 bits per heavy atom. The number of benzene rings is 1. The second-order valence-corrected chi connectivity index (χ2v) is 4.82. The first-order chi connectivity index (χ1) is 11.1. The van der Waals surface area contributed by atoms with Crippen LogP contribution < -0.4 is 4.90 Å². The van der Waals surface area contributed by atoms with Crippen LogP contribution in [0.4, 0.5) is 10.5 Å². The molecule has 0 aliphatic carbocycles. The molecular weight excluding hydrogens is 296 g/mol. The molecule has 120 valence electrons. The summed E-state index contributed by atoms with van der Waals surface area (Å²) in [5, 5.41) is 9.61. The van der Waals surface area contributed by atoms with Crippen molar-refractivity contribution in [3.63, 3.8) is 0 Å². The minimum absolute atomic E-state index is 0.160. The summed E-state index contributed by atoms with van der Waals surface area (Å²) >= 11 is 0. The Morgan fingerprint density at radius 3 is 2.52 bits per heavy atom. The fraction of sp³-hybridized carbons (Fsp3) is 0.235. The second kappa shape index (κ2) is 7.93. The molecule has 1 heterocycles. The van der Waals surface area contributed by atoms with Crippen LogP contribution in [0.3, 0.4) is 0 Å². The van der Waals surface area contributed by atoms with Crippen LogP contribution in [0.25, 0.3) is 0 Å². The summed E-state index contributed by atoms with van der Waals surface area (Å²) in [7, 11) is 0. The molecular formula is C17H18N2O4. The predicted molar refractivity (Wildman–Crippen MR) is 85.3 cm³/mol. The van der Waals surface area contributed by atoms with Crippen LogP contribution in [0.5, 0.6) is 0 Å². The van der Waals surface area contributed by atoms with Gasteiger partial charge in [-0.1, -0.05) is 30.3 Å². The Balaban J connectivity index is 2.36. The van der Waals surface area contributed by atoms with Crippen molar-refractivity contribution >= 4 is 17.7 Å². The molecule has 0 aliphatic heterocycles. The van der Waals surface area contributed by atoms with Crippen molar-refractivity contribution in [2.75, 3.05) is 11.5 Å². The number of hydrogen-bond donors (Lipinski definition) is 1. The van der Waals surface area contributed by atoms with Gasteiger partial charge in [-0.25, -0.2) is 9.59 Å². The molecule has 0 aliphatic rings. The van der Waals surface area contributed by atoms with Crippen molar-refractivity contribution < 1.29 is 19.4 Å². The second-order valence-electron chi connectivity index (χ2n) is 4.82. The Bertz CT molecular complexity index is 646. The first kappa shape index (κ1) is 16.5. The highest BCUT2D eigenvalue weighted by Gasteiger charge is 2.32. The zero-order valence-electron chi connectivity index (χ0n) is 12.8. The fourth-order valence-electron chi connectivity index (χ4n) is 2.23. The summed E-state index contributed by atoms with van der Waals surface area (Å²) in [4.78, 5) is 29.1. The van der Waals surface area contributed by atoms with Gasteiger partial charge in [-0.05, 0) is 24.6 Å². The number of amides is 1. The lowest BCUT2D eigenvalue weighted by atomic mass is 10.0. The number of aromatic nitrogens is 1. The average Bonchev–Trinajstić information content (AvgIpc) is 2.56. The molecule has 1 atom stereocenters. The van der Waals surface area contributed by atoms with Crippen molar-refractivity contribution in [2.24, 2.45) is 0 Å². The van der Waals surface area contributed by atoms with Gasteiger partial charge in [-0.3, -0.25) is 9.88 Å². The number of carbonyl (C=O) groups is 2. The van der Waals surface area contributed by atoms with E-state index in [1.807, 2.05) is 30.3 Å². The van der Waals surface area contributed by atoms with Gasteiger partial charge >= 0.3 is 12.1 Å². The monoisotopic (exact) mass is 314 g/mol. The number of carbonyl (C=O) groups excluding carboxylic acids is 1. The molecule has 1 aromatic carbocycles. The zero-order chi connectivity index (χ0) is 16.7. The van der Waals surface area contributed by atoms with E-state index >= 15 is 0 Å². The zero-order valence-corrected chi connectivity index (χ0v) is 12.8. The Morgan fingerprint density at radius 1 is 1.22 bits per heavy atom. The summed E-state index contributed by atoms with van der Waals surface area (Å²) in [6.45, 7) is 1.83. The first-order valence-corrected chi connectivity index (χ1v) is 7.26. The number of carboxylic acids is 1. The summed E-state index contributed by atoms with van der Waals surface area (Å²) in [6, 6.07) is 11.3. The average molecular weight is 314 g/mol. The van der Waals surface area contributed by atoms with E-state index in [9.17, 15) is 14.7 Å². The quantitative estimate of drug-likeness (QED) is 0.887. The molecule has 0 saturated heterocycles. The molecule has 0 fully saturated rings. The third-order valence-electron chi connectivity index (χ3n) is 3.26. The Hall–Kier alpha value is -2.89. The minimum atomic E-state index is -1.11. The molecule has 1 aromatic heterocycles. The van der Waals surface area contributed by atoms with Crippen LogP contribution in [-0.4, -0.2) is 34.8 Å². The Kier molecular flexibility index (Phi) is 5.68. The number of pyridine rings is 1. The molecule has 0 bridgehead atoms. The summed E-state index contributed by atoms with van der Waals surface area (Å²) < 4.78 is 5.02. The number of anilines is 1. The van der Waals surface area contributed by atoms with Crippen molar-refractivity contribution in [3.05, 3.63) is 60.4 Å². The van der Waals surface area contributed by atoms with Gasteiger partial charge in [0, 0.05) is 12.6 Å². The molecule has 0 radical (unpaired) electrons.